The van der Waals surface area contributed by atoms with Gasteiger partial charge in [0.25, 0.3) is 0 Å². The quantitative estimate of drug-likeness (QED) is 0.921. The first-order valence-electron chi connectivity index (χ1n) is 7.19. The molecule has 1 heterocycles. The number of piperidine rings is 1. The van der Waals surface area contributed by atoms with Gasteiger partial charge in [0, 0.05) is 12.6 Å². The van der Waals surface area contributed by atoms with Crippen LogP contribution >= 0.6 is 0 Å². The molecule has 1 aromatic carbocycles. The summed E-state index contributed by atoms with van der Waals surface area (Å²) in [7, 11) is 0. The Bertz CT molecular complexity index is 489. The molecule has 0 radical (unpaired) electrons. The number of carboxylic acid groups (broad SMARTS) is 1. The molecule has 0 aromatic heterocycles. The first-order valence-corrected chi connectivity index (χ1v) is 7.19. The monoisotopic (exact) mass is 279 g/mol. The van der Waals surface area contributed by atoms with Gasteiger partial charge in [0.1, 0.15) is 5.82 Å². The maximum absolute atomic E-state index is 13.3. The van der Waals surface area contributed by atoms with Crippen molar-refractivity contribution in [2.45, 2.75) is 39.2 Å². The molecule has 1 aliphatic heterocycles. The number of carboxylic acids is 1. The van der Waals surface area contributed by atoms with Gasteiger partial charge < -0.3 is 5.11 Å². The molecule has 1 aliphatic rings. The fourth-order valence-electron chi connectivity index (χ4n) is 2.91. The maximum Gasteiger partial charge on any atom is 0.307 e. The Labute approximate surface area is 119 Å². The van der Waals surface area contributed by atoms with E-state index in [1.165, 1.54) is 6.07 Å². The number of carbonyl (C=O) groups is 1. The Morgan fingerprint density at radius 3 is 2.95 bits per heavy atom. The molecular formula is C16H22FNO2. The molecule has 1 aromatic rings. The van der Waals surface area contributed by atoms with E-state index in [-0.39, 0.29) is 17.8 Å². The minimum absolute atomic E-state index is 0.176. The zero-order valence-electron chi connectivity index (χ0n) is 12.1. The van der Waals surface area contributed by atoms with Crippen molar-refractivity contribution in [2.75, 3.05) is 13.1 Å². The van der Waals surface area contributed by atoms with Crippen molar-refractivity contribution in [1.29, 1.82) is 0 Å². The van der Waals surface area contributed by atoms with E-state index < -0.39 is 5.97 Å². The minimum Gasteiger partial charge on any atom is -0.481 e. The second kappa shape index (κ2) is 6.35. The third-order valence-electron chi connectivity index (χ3n) is 4.18. The molecule has 110 valence electrons. The number of benzene rings is 1. The molecule has 2 rings (SSSR count). The lowest BCUT2D eigenvalue weighted by atomic mass is 9.95. The number of aryl methyl sites for hydroxylation is 1. The molecule has 3 nitrogen and oxygen atoms in total. The van der Waals surface area contributed by atoms with Gasteiger partial charge in [-0.2, -0.15) is 0 Å². The molecule has 0 spiro atoms. The normalized spacial score (nSPS) is 21.6. The van der Waals surface area contributed by atoms with Crippen molar-refractivity contribution < 1.29 is 14.3 Å². The molecule has 0 saturated carbocycles. The molecule has 0 amide bonds. The van der Waals surface area contributed by atoms with Gasteiger partial charge in [0.2, 0.25) is 0 Å². The first kappa shape index (κ1) is 15.0. The Hall–Kier alpha value is -1.42. The van der Waals surface area contributed by atoms with Gasteiger partial charge in [-0.3, -0.25) is 9.69 Å². The van der Waals surface area contributed by atoms with Gasteiger partial charge >= 0.3 is 5.97 Å². The van der Waals surface area contributed by atoms with Crippen LogP contribution < -0.4 is 0 Å². The molecule has 2 atom stereocenters. The number of likely N-dealkylation sites (tertiary alicyclic amines) is 1. The highest BCUT2D eigenvalue weighted by Crippen LogP contribution is 2.21. The van der Waals surface area contributed by atoms with E-state index in [0.717, 1.165) is 31.4 Å². The smallest absolute Gasteiger partial charge is 0.307 e. The lowest BCUT2D eigenvalue weighted by Crippen LogP contribution is -2.44. The zero-order valence-corrected chi connectivity index (χ0v) is 12.1. The van der Waals surface area contributed by atoms with Gasteiger partial charge in [-0.05, 0) is 56.8 Å². The number of rotatable bonds is 4. The second-order valence-electron chi connectivity index (χ2n) is 5.81. The second-order valence-corrected chi connectivity index (χ2v) is 5.81. The van der Waals surface area contributed by atoms with Gasteiger partial charge in [-0.15, -0.1) is 0 Å². The summed E-state index contributed by atoms with van der Waals surface area (Å²) in [5.74, 6) is -1.12. The third-order valence-corrected chi connectivity index (χ3v) is 4.18. The standard InChI is InChI=1S/C16H22FNO2/c1-11-8-13(5-6-15(11)17)9-12(2)18-7-3-4-14(10-18)16(19)20/h5-6,8,12,14H,3-4,7,9-10H2,1-2H3,(H,19,20). The number of halogens is 1. The number of aliphatic carboxylic acids is 1. The Balaban J connectivity index is 1.98. The van der Waals surface area contributed by atoms with Crippen molar-refractivity contribution in [3.8, 4) is 0 Å². The largest absolute Gasteiger partial charge is 0.481 e. The van der Waals surface area contributed by atoms with Crippen LogP contribution in [0.2, 0.25) is 0 Å². The average Bonchev–Trinajstić information content (AvgIpc) is 2.43. The van der Waals surface area contributed by atoms with Crippen LogP contribution in [0.1, 0.15) is 30.9 Å². The van der Waals surface area contributed by atoms with Crippen LogP contribution in [-0.2, 0) is 11.2 Å². The summed E-state index contributed by atoms with van der Waals surface area (Å²) < 4.78 is 13.3. The van der Waals surface area contributed by atoms with Crippen molar-refractivity contribution in [3.05, 3.63) is 35.1 Å². The third kappa shape index (κ3) is 3.57. The lowest BCUT2D eigenvalue weighted by Gasteiger charge is -2.35. The van der Waals surface area contributed by atoms with E-state index in [0.29, 0.717) is 12.1 Å². The summed E-state index contributed by atoms with van der Waals surface area (Å²) in [5.41, 5.74) is 1.77. The van der Waals surface area contributed by atoms with Crippen LogP contribution in [-0.4, -0.2) is 35.1 Å². The van der Waals surface area contributed by atoms with E-state index in [4.69, 9.17) is 5.11 Å². The first-order chi connectivity index (χ1) is 9.47. The highest BCUT2D eigenvalue weighted by Gasteiger charge is 2.27. The molecular weight excluding hydrogens is 257 g/mol. The molecule has 2 unspecified atom stereocenters. The SMILES string of the molecule is Cc1cc(CC(C)N2CCCC(C(=O)O)C2)ccc1F. The van der Waals surface area contributed by atoms with Crippen LogP contribution in [0.5, 0.6) is 0 Å². The highest BCUT2D eigenvalue weighted by molar-refractivity contribution is 5.70. The van der Waals surface area contributed by atoms with E-state index in [1.54, 1.807) is 6.92 Å². The van der Waals surface area contributed by atoms with E-state index in [1.807, 2.05) is 12.1 Å². The van der Waals surface area contributed by atoms with Gasteiger partial charge in [0.15, 0.2) is 0 Å². The van der Waals surface area contributed by atoms with Gasteiger partial charge in [-0.25, -0.2) is 4.39 Å². The summed E-state index contributed by atoms with van der Waals surface area (Å²) in [6.07, 6.45) is 2.53. The average molecular weight is 279 g/mol. The fraction of sp³-hybridized carbons (Fsp3) is 0.562. The summed E-state index contributed by atoms with van der Waals surface area (Å²) in [4.78, 5) is 13.3. The molecule has 0 aliphatic carbocycles. The predicted octanol–water partition coefficient (Wildman–Crippen LogP) is 2.86. The van der Waals surface area contributed by atoms with E-state index in [9.17, 15) is 9.18 Å². The molecule has 1 N–H and O–H groups in total. The molecule has 1 fully saturated rings. The van der Waals surface area contributed by atoms with Crippen LogP contribution in [0.3, 0.4) is 0 Å². The lowest BCUT2D eigenvalue weighted by molar-refractivity contribution is -0.143. The highest BCUT2D eigenvalue weighted by atomic mass is 19.1. The minimum atomic E-state index is -0.695. The maximum atomic E-state index is 13.3. The van der Waals surface area contributed by atoms with Gasteiger partial charge in [0.05, 0.1) is 5.92 Å². The Morgan fingerprint density at radius 1 is 1.55 bits per heavy atom. The van der Waals surface area contributed by atoms with Gasteiger partial charge in [-0.1, -0.05) is 12.1 Å². The molecule has 4 heteroatoms. The molecule has 20 heavy (non-hydrogen) atoms. The van der Waals surface area contributed by atoms with Crippen molar-refractivity contribution in [1.82, 2.24) is 4.90 Å². The summed E-state index contributed by atoms with van der Waals surface area (Å²) in [6, 6.07) is 5.48. The van der Waals surface area contributed by atoms with Crippen molar-refractivity contribution in [2.24, 2.45) is 5.92 Å². The van der Waals surface area contributed by atoms with Crippen LogP contribution in [0, 0.1) is 18.7 Å². The zero-order chi connectivity index (χ0) is 14.7. The fourth-order valence-corrected chi connectivity index (χ4v) is 2.91. The number of hydrogen-bond donors (Lipinski definition) is 1. The number of hydrogen-bond acceptors (Lipinski definition) is 2. The predicted molar refractivity (Wildman–Crippen MR) is 76.2 cm³/mol. The number of nitrogens with zero attached hydrogens (tertiary/aromatic N) is 1. The van der Waals surface area contributed by atoms with Crippen molar-refractivity contribution in [3.63, 3.8) is 0 Å². The van der Waals surface area contributed by atoms with Crippen LogP contribution in [0.15, 0.2) is 18.2 Å². The Morgan fingerprint density at radius 2 is 2.30 bits per heavy atom. The summed E-state index contributed by atoms with van der Waals surface area (Å²) in [5, 5.41) is 9.13. The Kier molecular flexibility index (Phi) is 4.76. The summed E-state index contributed by atoms with van der Waals surface area (Å²) >= 11 is 0. The van der Waals surface area contributed by atoms with E-state index >= 15 is 0 Å². The summed E-state index contributed by atoms with van der Waals surface area (Å²) in [6.45, 7) is 5.45. The van der Waals surface area contributed by atoms with Crippen LogP contribution in [0.4, 0.5) is 4.39 Å². The van der Waals surface area contributed by atoms with Crippen LogP contribution in [0.25, 0.3) is 0 Å². The van der Waals surface area contributed by atoms with E-state index in [2.05, 4.69) is 11.8 Å². The molecule has 0 bridgehead atoms. The van der Waals surface area contributed by atoms with Crippen molar-refractivity contribution >= 4 is 5.97 Å². The topological polar surface area (TPSA) is 40.5 Å². The molecule has 1 saturated heterocycles.